The first-order chi connectivity index (χ1) is 10.1. The number of rotatable bonds is 11. The number of pyridine rings is 1. The SMILES string of the molecule is COCCNCc1ccc(OCC(O)COC(C)C)cn1. The van der Waals surface area contributed by atoms with Gasteiger partial charge in [-0.1, -0.05) is 0 Å². The zero-order valence-electron chi connectivity index (χ0n) is 13.0. The van der Waals surface area contributed by atoms with Gasteiger partial charge in [-0.05, 0) is 26.0 Å². The molecule has 0 fully saturated rings. The van der Waals surface area contributed by atoms with Gasteiger partial charge >= 0.3 is 0 Å². The molecule has 1 aromatic heterocycles. The molecule has 0 radical (unpaired) electrons. The summed E-state index contributed by atoms with van der Waals surface area (Å²) in [6.45, 7) is 6.48. The molecule has 2 N–H and O–H groups in total. The quantitative estimate of drug-likeness (QED) is 0.593. The first-order valence-electron chi connectivity index (χ1n) is 7.19. The highest BCUT2D eigenvalue weighted by Crippen LogP contribution is 2.09. The Hall–Kier alpha value is -1.21. The van der Waals surface area contributed by atoms with Crippen LogP contribution >= 0.6 is 0 Å². The minimum atomic E-state index is -0.636. The zero-order chi connectivity index (χ0) is 15.5. The summed E-state index contributed by atoms with van der Waals surface area (Å²) in [5, 5.41) is 12.9. The smallest absolute Gasteiger partial charge is 0.137 e. The molecule has 6 heteroatoms. The molecule has 0 amide bonds. The van der Waals surface area contributed by atoms with Crippen molar-refractivity contribution in [1.82, 2.24) is 10.3 Å². The van der Waals surface area contributed by atoms with Crippen molar-refractivity contribution in [3.63, 3.8) is 0 Å². The Morgan fingerprint density at radius 3 is 2.71 bits per heavy atom. The van der Waals surface area contributed by atoms with Crippen LogP contribution in [0.5, 0.6) is 5.75 Å². The summed E-state index contributed by atoms with van der Waals surface area (Å²) < 4.78 is 15.7. The van der Waals surface area contributed by atoms with Gasteiger partial charge < -0.3 is 24.6 Å². The first kappa shape index (κ1) is 17.8. The second-order valence-electron chi connectivity index (χ2n) is 5.00. The Morgan fingerprint density at radius 1 is 1.29 bits per heavy atom. The molecule has 120 valence electrons. The van der Waals surface area contributed by atoms with Crippen LogP contribution in [-0.2, 0) is 16.0 Å². The van der Waals surface area contributed by atoms with E-state index in [2.05, 4.69) is 10.3 Å². The van der Waals surface area contributed by atoms with Gasteiger partial charge in [-0.2, -0.15) is 0 Å². The van der Waals surface area contributed by atoms with Crippen LogP contribution in [0.25, 0.3) is 0 Å². The molecule has 21 heavy (non-hydrogen) atoms. The number of nitrogens with zero attached hydrogens (tertiary/aromatic N) is 1. The first-order valence-corrected chi connectivity index (χ1v) is 7.19. The Morgan fingerprint density at radius 2 is 2.10 bits per heavy atom. The van der Waals surface area contributed by atoms with Crippen LogP contribution in [0.4, 0.5) is 0 Å². The molecule has 0 aliphatic rings. The van der Waals surface area contributed by atoms with Gasteiger partial charge in [0.1, 0.15) is 18.5 Å². The minimum Gasteiger partial charge on any atom is -0.489 e. The third kappa shape index (κ3) is 8.62. The highest BCUT2D eigenvalue weighted by Gasteiger charge is 2.07. The normalized spacial score (nSPS) is 12.6. The maximum absolute atomic E-state index is 9.69. The van der Waals surface area contributed by atoms with E-state index in [9.17, 15) is 5.11 Å². The molecule has 0 bridgehead atoms. The lowest BCUT2D eigenvalue weighted by Crippen LogP contribution is -2.25. The third-order valence-corrected chi connectivity index (χ3v) is 2.65. The van der Waals surface area contributed by atoms with Crippen LogP contribution in [0.2, 0.25) is 0 Å². The van der Waals surface area contributed by atoms with Gasteiger partial charge in [0, 0.05) is 20.2 Å². The van der Waals surface area contributed by atoms with Crippen LogP contribution in [0.3, 0.4) is 0 Å². The highest BCUT2D eigenvalue weighted by atomic mass is 16.5. The monoisotopic (exact) mass is 298 g/mol. The van der Waals surface area contributed by atoms with Crippen LogP contribution in [-0.4, -0.2) is 55.8 Å². The predicted molar refractivity (Wildman–Crippen MR) is 80.4 cm³/mol. The Balaban J connectivity index is 2.24. The van der Waals surface area contributed by atoms with Crippen LogP contribution in [0.1, 0.15) is 19.5 Å². The number of ether oxygens (including phenoxy) is 3. The molecule has 6 nitrogen and oxygen atoms in total. The summed E-state index contributed by atoms with van der Waals surface area (Å²) in [7, 11) is 1.67. The van der Waals surface area contributed by atoms with Crippen molar-refractivity contribution in [2.75, 3.05) is 33.5 Å². The lowest BCUT2D eigenvalue weighted by Gasteiger charge is -2.14. The van der Waals surface area contributed by atoms with E-state index in [1.54, 1.807) is 13.3 Å². The van der Waals surface area contributed by atoms with Gasteiger partial charge in [-0.25, -0.2) is 0 Å². The zero-order valence-corrected chi connectivity index (χ0v) is 13.0. The summed E-state index contributed by atoms with van der Waals surface area (Å²) in [4.78, 5) is 4.29. The topological polar surface area (TPSA) is 72.8 Å². The second kappa shape index (κ2) is 10.5. The van der Waals surface area contributed by atoms with E-state index in [4.69, 9.17) is 14.2 Å². The van der Waals surface area contributed by atoms with E-state index in [0.29, 0.717) is 18.9 Å². The van der Waals surface area contributed by atoms with Gasteiger partial charge in [0.05, 0.1) is 31.2 Å². The average Bonchev–Trinajstić information content (AvgIpc) is 2.48. The number of methoxy groups -OCH3 is 1. The van der Waals surface area contributed by atoms with Gasteiger partial charge in [-0.15, -0.1) is 0 Å². The minimum absolute atomic E-state index is 0.103. The lowest BCUT2D eigenvalue weighted by molar-refractivity contribution is -0.0123. The van der Waals surface area contributed by atoms with Crippen molar-refractivity contribution < 1.29 is 19.3 Å². The Labute approximate surface area is 126 Å². The fourth-order valence-electron chi connectivity index (χ4n) is 1.54. The molecular formula is C15H26N2O4. The Kier molecular flexibility index (Phi) is 8.93. The molecule has 0 aliphatic carbocycles. The van der Waals surface area contributed by atoms with Gasteiger partial charge in [-0.3, -0.25) is 4.98 Å². The fraction of sp³-hybridized carbons (Fsp3) is 0.667. The van der Waals surface area contributed by atoms with Crippen molar-refractivity contribution in [1.29, 1.82) is 0 Å². The van der Waals surface area contributed by atoms with Crippen molar-refractivity contribution >= 4 is 0 Å². The number of hydrogen-bond donors (Lipinski definition) is 2. The van der Waals surface area contributed by atoms with Gasteiger partial charge in [0.25, 0.3) is 0 Å². The van der Waals surface area contributed by atoms with E-state index < -0.39 is 6.10 Å². The van der Waals surface area contributed by atoms with E-state index >= 15 is 0 Å². The molecule has 1 heterocycles. The van der Waals surface area contributed by atoms with Crippen LogP contribution in [0, 0.1) is 0 Å². The molecule has 0 aliphatic heterocycles. The number of hydrogen-bond acceptors (Lipinski definition) is 6. The van der Waals surface area contributed by atoms with Crippen LogP contribution < -0.4 is 10.1 Å². The maximum atomic E-state index is 9.69. The summed E-state index contributed by atoms with van der Waals surface area (Å²) in [6.07, 6.45) is 1.12. The number of aliphatic hydroxyl groups excluding tert-OH is 1. The van der Waals surface area contributed by atoms with Crippen molar-refractivity contribution in [3.8, 4) is 5.75 Å². The molecule has 0 aromatic carbocycles. The van der Waals surface area contributed by atoms with E-state index in [1.165, 1.54) is 0 Å². The highest BCUT2D eigenvalue weighted by molar-refractivity contribution is 5.19. The summed E-state index contributed by atoms with van der Waals surface area (Å²) in [5.41, 5.74) is 0.933. The summed E-state index contributed by atoms with van der Waals surface area (Å²) >= 11 is 0. The molecule has 1 rings (SSSR count). The molecular weight excluding hydrogens is 272 g/mol. The summed E-state index contributed by atoms with van der Waals surface area (Å²) in [5.74, 6) is 0.638. The largest absolute Gasteiger partial charge is 0.489 e. The molecule has 1 atom stereocenters. The number of aromatic nitrogens is 1. The van der Waals surface area contributed by atoms with Crippen molar-refractivity contribution in [3.05, 3.63) is 24.0 Å². The van der Waals surface area contributed by atoms with Gasteiger partial charge in [0.2, 0.25) is 0 Å². The standard InChI is InChI=1S/C15H26N2O4/c1-12(2)20-10-14(18)11-21-15-5-4-13(17-9-15)8-16-6-7-19-3/h4-5,9,12,14,16,18H,6-8,10-11H2,1-3H3. The predicted octanol–water partition coefficient (Wildman–Crippen LogP) is 0.982. The number of aliphatic hydroxyl groups is 1. The average molecular weight is 298 g/mol. The third-order valence-electron chi connectivity index (χ3n) is 2.65. The molecule has 0 saturated heterocycles. The fourth-order valence-corrected chi connectivity index (χ4v) is 1.54. The lowest BCUT2D eigenvalue weighted by atomic mass is 10.3. The number of nitrogens with one attached hydrogen (secondary N) is 1. The molecule has 0 saturated carbocycles. The molecule has 1 aromatic rings. The second-order valence-corrected chi connectivity index (χ2v) is 5.00. The maximum Gasteiger partial charge on any atom is 0.137 e. The van der Waals surface area contributed by atoms with E-state index in [0.717, 1.165) is 12.2 Å². The Bertz CT molecular complexity index is 370. The molecule has 1 unspecified atom stereocenters. The van der Waals surface area contributed by atoms with E-state index in [1.807, 2.05) is 26.0 Å². The molecule has 0 spiro atoms. The van der Waals surface area contributed by atoms with Crippen molar-refractivity contribution in [2.24, 2.45) is 0 Å². The van der Waals surface area contributed by atoms with Gasteiger partial charge in [0.15, 0.2) is 0 Å². The van der Waals surface area contributed by atoms with Crippen LogP contribution in [0.15, 0.2) is 18.3 Å². The van der Waals surface area contributed by atoms with Crippen molar-refractivity contribution in [2.45, 2.75) is 32.6 Å². The van der Waals surface area contributed by atoms with E-state index in [-0.39, 0.29) is 19.3 Å². The summed E-state index contributed by atoms with van der Waals surface area (Å²) in [6, 6.07) is 3.74.